The number of aromatic nitrogens is 2. The van der Waals surface area contributed by atoms with Gasteiger partial charge in [-0.05, 0) is 12.1 Å². The number of hydrogen-bond acceptors (Lipinski definition) is 3. The summed E-state index contributed by atoms with van der Waals surface area (Å²) in [5.74, 6) is 0. The van der Waals surface area contributed by atoms with E-state index in [1.54, 1.807) is 0 Å². The lowest BCUT2D eigenvalue weighted by Gasteiger charge is -2.17. The highest BCUT2D eigenvalue weighted by Gasteiger charge is 2.37. The minimum Gasteiger partial charge on any atom is -0.609 e. The number of alkyl halides is 6. The molecular formula is C13H6Cl2F6N2O2S. The van der Waals surface area contributed by atoms with Gasteiger partial charge in [-0.15, -0.1) is 0 Å². The predicted molar refractivity (Wildman–Crippen MR) is 82.2 cm³/mol. The third-order valence-corrected chi connectivity index (χ3v) is 4.37. The van der Waals surface area contributed by atoms with Gasteiger partial charge < -0.3 is 4.55 Å². The molecular weight excluding hydrogens is 433 g/mol. The molecule has 0 aliphatic rings. The Balaban J connectivity index is 2.83. The van der Waals surface area contributed by atoms with Gasteiger partial charge in [0.05, 0.1) is 21.3 Å². The predicted octanol–water partition coefficient (Wildman–Crippen LogP) is 4.31. The molecule has 1 heterocycles. The van der Waals surface area contributed by atoms with E-state index in [0.29, 0.717) is 16.7 Å². The van der Waals surface area contributed by atoms with Crippen molar-refractivity contribution in [3.63, 3.8) is 0 Å². The van der Waals surface area contributed by atoms with Gasteiger partial charge in [-0.3, -0.25) is 4.79 Å². The van der Waals surface area contributed by atoms with E-state index in [1.165, 1.54) is 0 Å². The Hall–Kier alpha value is -1.43. The Morgan fingerprint density at radius 2 is 1.54 bits per heavy atom. The summed E-state index contributed by atoms with van der Waals surface area (Å²) in [7, 11) is 0. The number of benzene rings is 1. The van der Waals surface area contributed by atoms with Crippen LogP contribution in [0, 0.1) is 0 Å². The fourth-order valence-electron chi connectivity index (χ4n) is 1.95. The molecule has 0 spiro atoms. The second-order valence-corrected chi connectivity index (χ2v) is 6.92. The number of hydrogen-bond donors (Lipinski definition) is 0. The average Bonchev–Trinajstić information content (AvgIpc) is 2.45. The first-order valence-electron chi connectivity index (χ1n) is 6.35. The zero-order valence-electron chi connectivity index (χ0n) is 12.4. The number of nitrogens with zero attached hydrogens (tertiary/aromatic N) is 2. The van der Waals surface area contributed by atoms with Gasteiger partial charge in [-0.2, -0.15) is 31.3 Å². The van der Waals surface area contributed by atoms with E-state index >= 15 is 0 Å². The summed E-state index contributed by atoms with van der Waals surface area (Å²) in [6.45, 7) is 0. The van der Waals surface area contributed by atoms with E-state index in [0.717, 1.165) is 6.26 Å². The molecule has 0 bridgehead atoms. The van der Waals surface area contributed by atoms with Crippen molar-refractivity contribution in [2.75, 3.05) is 6.26 Å². The molecule has 2 aromatic rings. The van der Waals surface area contributed by atoms with Crippen LogP contribution in [0.25, 0.3) is 5.69 Å². The molecule has 2 rings (SSSR count). The third kappa shape index (κ3) is 4.11. The summed E-state index contributed by atoms with van der Waals surface area (Å²) in [5, 5.41) is -2.23. The summed E-state index contributed by atoms with van der Waals surface area (Å²) in [5.41, 5.74) is -4.76. The third-order valence-electron chi connectivity index (χ3n) is 3.00. The molecule has 1 aromatic heterocycles. The molecule has 1 aromatic carbocycles. The summed E-state index contributed by atoms with van der Waals surface area (Å²) in [6.07, 6.45) is -8.87. The topological polar surface area (TPSA) is 58.0 Å². The quantitative estimate of drug-likeness (QED) is 0.398. The Labute approximate surface area is 154 Å². The molecule has 1 unspecified atom stereocenters. The van der Waals surface area contributed by atoms with Crippen molar-refractivity contribution in [1.29, 1.82) is 0 Å². The van der Waals surface area contributed by atoms with E-state index in [2.05, 4.69) is 4.98 Å². The van der Waals surface area contributed by atoms with Crippen molar-refractivity contribution in [3.05, 3.63) is 49.9 Å². The van der Waals surface area contributed by atoms with E-state index in [-0.39, 0.29) is 6.07 Å². The molecule has 142 valence electrons. The Morgan fingerprint density at radius 1 is 1.04 bits per heavy atom. The van der Waals surface area contributed by atoms with Gasteiger partial charge in [-0.25, -0.2) is 4.57 Å². The van der Waals surface area contributed by atoms with Gasteiger partial charge in [0.1, 0.15) is 6.26 Å². The summed E-state index contributed by atoms with van der Waals surface area (Å²) in [4.78, 5) is 15.3. The zero-order chi connectivity index (χ0) is 20.0. The van der Waals surface area contributed by atoms with Crippen LogP contribution in [0.1, 0.15) is 11.3 Å². The SMILES string of the molecule is C[S+]([O-])c1nc(C(F)(F)F)cc(=O)n1-c1c(Cl)cc(C(F)(F)F)cc1Cl. The maximum absolute atomic E-state index is 12.8. The fourth-order valence-corrected chi connectivity index (χ4v) is 3.27. The normalized spacial score (nSPS) is 13.8. The monoisotopic (exact) mass is 438 g/mol. The van der Waals surface area contributed by atoms with Crippen molar-refractivity contribution in [2.45, 2.75) is 17.5 Å². The highest BCUT2D eigenvalue weighted by atomic mass is 35.5. The molecule has 0 aliphatic carbocycles. The Morgan fingerprint density at radius 3 is 1.92 bits per heavy atom. The summed E-state index contributed by atoms with van der Waals surface area (Å²) < 4.78 is 88.9. The van der Waals surface area contributed by atoms with Crippen LogP contribution < -0.4 is 5.56 Å². The largest absolute Gasteiger partial charge is 0.609 e. The van der Waals surface area contributed by atoms with Crippen LogP contribution >= 0.6 is 23.2 Å². The first kappa shape index (κ1) is 20.9. The standard InChI is InChI=1S/C13H6Cl2F6N2O2S/c1-26(25)11-22-8(13(19,20)21)4-9(24)23(11)10-6(14)2-5(3-7(10)15)12(16,17)18/h2-4H,1H3. The fraction of sp³-hybridized carbons (Fsp3) is 0.231. The maximum atomic E-state index is 12.8. The molecule has 26 heavy (non-hydrogen) atoms. The minimum atomic E-state index is -5.00. The second-order valence-electron chi connectivity index (χ2n) is 4.84. The maximum Gasteiger partial charge on any atom is 0.433 e. The molecule has 0 saturated carbocycles. The molecule has 0 radical (unpaired) electrons. The van der Waals surface area contributed by atoms with E-state index in [1.807, 2.05) is 0 Å². The van der Waals surface area contributed by atoms with Gasteiger partial charge in [-0.1, -0.05) is 23.2 Å². The van der Waals surface area contributed by atoms with Crippen LogP contribution in [-0.2, 0) is 23.5 Å². The zero-order valence-corrected chi connectivity index (χ0v) is 14.7. The van der Waals surface area contributed by atoms with Crippen molar-refractivity contribution < 1.29 is 30.9 Å². The second kappa shape index (κ2) is 6.95. The van der Waals surface area contributed by atoms with Crippen LogP contribution in [0.15, 0.2) is 28.2 Å². The first-order chi connectivity index (χ1) is 11.7. The molecule has 0 aliphatic heterocycles. The van der Waals surface area contributed by atoms with Gasteiger partial charge in [0.15, 0.2) is 5.69 Å². The van der Waals surface area contributed by atoms with Crippen molar-refractivity contribution >= 4 is 34.4 Å². The van der Waals surface area contributed by atoms with Crippen molar-refractivity contribution in [2.24, 2.45) is 0 Å². The van der Waals surface area contributed by atoms with Gasteiger partial charge in [0.2, 0.25) is 0 Å². The van der Waals surface area contributed by atoms with Crippen molar-refractivity contribution in [3.8, 4) is 5.69 Å². The molecule has 0 N–H and O–H groups in total. The van der Waals surface area contributed by atoms with Crippen LogP contribution in [0.5, 0.6) is 0 Å². The first-order valence-corrected chi connectivity index (χ1v) is 8.66. The minimum absolute atomic E-state index is 0.0979. The van der Waals surface area contributed by atoms with Crippen LogP contribution in [0.4, 0.5) is 26.3 Å². The number of rotatable bonds is 2. The molecule has 4 nitrogen and oxygen atoms in total. The average molecular weight is 439 g/mol. The van der Waals surface area contributed by atoms with Gasteiger partial charge >= 0.3 is 17.5 Å². The molecule has 0 saturated heterocycles. The molecule has 0 fully saturated rings. The van der Waals surface area contributed by atoms with Crippen LogP contribution in [-0.4, -0.2) is 20.4 Å². The smallest absolute Gasteiger partial charge is 0.433 e. The molecule has 0 amide bonds. The van der Waals surface area contributed by atoms with Gasteiger partial charge in [0, 0.05) is 17.2 Å². The van der Waals surface area contributed by atoms with Gasteiger partial charge in [0.25, 0.3) is 5.56 Å². The number of halogens is 8. The highest BCUT2D eigenvalue weighted by molar-refractivity contribution is 7.90. The Kier molecular flexibility index (Phi) is 5.58. The summed E-state index contributed by atoms with van der Waals surface area (Å²) >= 11 is 9.30. The highest BCUT2D eigenvalue weighted by Crippen LogP contribution is 2.38. The summed E-state index contributed by atoms with van der Waals surface area (Å²) in [6, 6.07) is 0.977. The lowest BCUT2D eigenvalue weighted by Crippen LogP contribution is -2.29. The molecule has 13 heteroatoms. The Bertz CT molecular complexity index is 888. The van der Waals surface area contributed by atoms with E-state index < -0.39 is 61.2 Å². The van der Waals surface area contributed by atoms with Crippen LogP contribution in [0.3, 0.4) is 0 Å². The lowest BCUT2D eigenvalue weighted by atomic mass is 10.2. The lowest BCUT2D eigenvalue weighted by molar-refractivity contribution is -0.142. The van der Waals surface area contributed by atoms with Crippen molar-refractivity contribution in [1.82, 2.24) is 9.55 Å². The van der Waals surface area contributed by atoms with E-state index in [9.17, 15) is 35.7 Å². The van der Waals surface area contributed by atoms with Crippen LogP contribution in [0.2, 0.25) is 10.0 Å². The molecule has 1 atom stereocenters. The van der Waals surface area contributed by atoms with E-state index in [4.69, 9.17) is 23.2 Å².